The lowest BCUT2D eigenvalue weighted by Crippen LogP contribution is -2.57. The molecule has 0 spiro atoms. The van der Waals surface area contributed by atoms with Gasteiger partial charge in [0.25, 0.3) is 0 Å². The van der Waals surface area contributed by atoms with Crippen LogP contribution < -0.4 is 11.1 Å². The zero-order valence-corrected chi connectivity index (χ0v) is 15.9. The molecule has 5 aliphatic rings. The first-order chi connectivity index (χ1) is 11.6. The average Bonchev–Trinajstić information content (AvgIpc) is 3.02. The van der Waals surface area contributed by atoms with Gasteiger partial charge in [-0.15, -0.1) is 12.4 Å². The van der Waals surface area contributed by atoms with Gasteiger partial charge in [0.1, 0.15) is 6.04 Å². The van der Waals surface area contributed by atoms with Crippen LogP contribution in [0.25, 0.3) is 0 Å². The van der Waals surface area contributed by atoms with Gasteiger partial charge in [-0.1, -0.05) is 0 Å². The molecule has 25 heavy (non-hydrogen) atoms. The minimum Gasteiger partial charge on any atom is -0.354 e. The van der Waals surface area contributed by atoms with E-state index < -0.39 is 0 Å². The Balaban J connectivity index is 0.00000182. The molecular formula is C19H32ClN3O2. The third-order valence-electron chi connectivity index (χ3n) is 6.99. The summed E-state index contributed by atoms with van der Waals surface area (Å²) in [5, 5.41) is 2.97. The van der Waals surface area contributed by atoms with Gasteiger partial charge in [-0.05, 0) is 82.1 Å². The van der Waals surface area contributed by atoms with Gasteiger partial charge in [0.2, 0.25) is 11.8 Å². The lowest BCUT2D eigenvalue weighted by atomic mass is 9.49. The highest BCUT2D eigenvalue weighted by molar-refractivity contribution is 5.91. The van der Waals surface area contributed by atoms with E-state index in [1.165, 1.54) is 19.3 Å². The molecule has 5 fully saturated rings. The monoisotopic (exact) mass is 369 g/mol. The second-order valence-electron chi connectivity index (χ2n) is 8.79. The molecular weight excluding hydrogens is 338 g/mol. The Labute approximate surface area is 156 Å². The molecule has 1 aliphatic heterocycles. The molecule has 2 amide bonds. The van der Waals surface area contributed by atoms with Crippen LogP contribution in [0.3, 0.4) is 0 Å². The van der Waals surface area contributed by atoms with Crippen molar-refractivity contribution < 1.29 is 9.59 Å². The fourth-order valence-electron chi connectivity index (χ4n) is 6.39. The maximum absolute atomic E-state index is 13.5. The van der Waals surface area contributed by atoms with Crippen molar-refractivity contribution in [1.82, 2.24) is 10.2 Å². The van der Waals surface area contributed by atoms with Crippen LogP contribution in [-0.4, -0.2) is 42.4 Å². The number of likely N-dealkylation sites (tertiary alicyclic amines) is 1. The fourth-order valence-corrected chi connectivity index (χ4v) is 6.39. The van der Waals surface area contributed by atoms with E-state index in [0.717, 1.165) is 62.8 Å². The minimum absolute atomic E-state index is 0. The van der Waals surface area contributed by atoms with E-state index >= 15 is 0 Å². The van der Waals surface area contributed by atoms with Gasteiger partial charge in [0.05, 0.1) is 5.41 Å². The molecule has 6 heteroatoms. The van der Waals surface area contributed by atoms with Gasteiger partial charge in [-0.2, -0.15) is 0 Å². The lowest BCUT2D eigenvalue weighted by Gasteiger charge is -2.56. The van der Waals surface area contributed by atoms with E-state index in [2.05, 4.69) is 5.32 Å². The standard InChI is InChI=1S/C19H31N3O2.ClH/c20-4-2-5-21-17(23)16-3-1-6-22(16)18(24)19-10-13-7-14(11-19)9-15(8-13)12-19;/h13-16H,1-12,20H2,(H,21,23);1H. The SMILES string of the molecule is Cl.NCCCNC(=O)C1CCCN1C(=O)C12CC3CC(CC(C3)C1)C2. The van der Waals surface area contributed by atoms with Crippen LogP contribution in [0.2, 0.25) is 0 Å². The third kappa shape index (κ3) is 3.42. The Morgan fingerprint density at radius 3 is 2.24 bits per heavy atom. The van der Waals surface area contributed by atoms with Crippen LogP contribution in [0, 0.1) is 23.2 Å². The van der Waals surface area contributed by atoms with Gasteiger partial charge in [0, 0.05) is 13.1 Å². The van der Waals surface area contributed by atoms with Crippen molar-refractivity contribution in [3.8, 4) is 0 Å². The number of nitrogens with two attached hydrogens (primary N) is 1. The fraction of sp³-hybridized carbons (Fsp3) is 0.895. The smallest absolute Gasteiger partial charge is 0.242 e. The normalized spacial score (nSPS) is 38.5. The van der Waals surface area contributed by atoms with Crippen molar-refractivity contribution in [1.29, 1.82) is 0 Å². The van der Waals surface area contributed by atoms with Crippen molar-refractivity contribution in [2.24, 2.45) is 28.9 Å². The summed E-state index contributed by atoms with van der Waals surface area (Å²) in [6.07, 6.45) is 9.82. The highest BCUT2D eigenvalue weighted by atomic mass is 35.5. The number of halogens is 1. The number of hydrogen-bond donors (Lipinski definition) is 2. The first kappa shape index (κ1) is 19.0. The quantitative estimate of drug-likeness (QED) is 0.728. The molecule has 1 atom stereocenters. The maximum atomic E-state index is 13.5. The molecule has 0 radical (unpaired) electrons. The molecule has 4 aliphatic carbocycles. The first-order valence-corrected chi connectivity index (χ1v) is 9.90. The predicted molar refractivity (Wildman–Crippen MR) is 99.3 cm³/mol. The van der Waals surface area contributed by atoms with E-state index in [-0.39, 0.29) is 29.8 Å². The number of hydrogen-bond acceptors (Lipinski definition) is 3. The highest BCUT2D eigenvalue weighted by Crippen LogP contribution is 2.60. The van der Waals surface area contributed by atoms with E-state index in [4.69, 9.17) is 5.73 Å². The Hall–Kier alpha value is -0.810. The summed E-state index contributed by atoms with van der Waals surface area (Å²) in [7, 11) is 0. The first-order valence-electron chi connectivity index (χ1n) is 9.90. The largest absolute Gasteiger partial charge is 0.354 e. The molecule has 142 valence electrons. The van der Waals surface area contributed by atoms with Gasteiger partial charge in [-0.25, -0.2) is 0 Å². The predicted octanol–water partition coefficient (Wildman–Crippen LogP) is 2.08. The number of rotatable bonds is 5. The summed E-state index contributed by atoms with van der Waals surface area (Å²) in [6.45, 7) is 1.96. The van der Waals surface area contributed by atoms with Crippen molar-refractivity contribution >= 4 is 24.2 Å². The Morgan fingerprint density at radius 1 is 1.08 bits per heavy atom. The summed E-state index contributed by atoms with van der Waals surface area (Å²) in [5.41, 5.74) is 5.37. The Morgan fingerprint density at radius 2 is 1.68 bits per heavy atom. The zero-order chi connectivity index (χ0) is 16.7. The summed E-state index contributed by atoms with van der Waals surface area (Å²) in [4.78, 5) is 27.9. The molecule has 3 N–H and O–H groups in total. The molecule has 4 bridgehead atoms. The number of nitrogens with zero attached hydrogens (tertiary/aromatic N) is 1. The number of amides is 2. The van der Waals surface area contributed by atoms with Gasteiger partial charge >= 0.3 is 0 Å². The van der Waals surface area contributed by atoms with Gasteiger partial charge in [-0.3, -0.25) is 9.59 Å². The van der Waals surface area contributed by atoms with Crippen LogP contribution in [-0.2, 0) is 9.59 Å². The van der Waals surface area contributed by atoms with Crippen LogP contribution in [0.5, 0.6) is 0 Å². The second kappa shape index (κ2) is 7.43. The molecule has 0 aromatic heterocycles. The molecule has 4 saturated carbocycles. The minimum atomic E-state index is -0.247. The van der Waals surface area contributed by atoms with Gasteiger partial charge in [0.15, 0.2) is 0 Å². The highest BCUT2D eigenvalue weighted by Gasteiger charge is 2.56. The zero-order valence-electron chi connectivity index (χ0n) is 15.0. The van der Waals surface area contributed by atoms with Crippen molar-refractivity contribution in [3.63, 3.8) is 0 Å². The summed E-state index contributed by atoms with van der Waals surface area (Å²) >= 11 is 0. The summed E-state index contributed by atoms with van der Waals surface area (Å²) < 4.78 is 0. The molecule has 5 nitrogen and oxygen atoms in total. The molecule has 5 rings (SSSR count). The summed E-state index contributed by atoms with van der Waals surface area (Å²) in [5.74, 6) is 2.62. The number of nitrogens with one attached hydrogen (secondary N) is 1. The van der Waals surface area contributed by atoms with E-state index in [9.17, 15) is 9.59 Å². The van der Waals surface area contributed by atoms with Crippen molar-refractivity contribution in [3.05, 3.63) is 0 Å². The van der Waals surface area contributed by atoms with Crippen LogP contribution in [0.1, 0.15) is 57.8 Å². The van der Waals surface area contributed by atoms with Crippen LogP contribution >= 0.6 is 12.4 Å². The van der Waals surface area contributed by atoms with E-state index in [1.807, 2.05) is 4.90 Å². The van der Waals surface area contributed by atoms with E-state index in [0.29, 0.717) is 19.0 Å². The molecule has 1 heterocycles. The topological polar surface area (TPSA) is 75.4 Å². The van der Waals surface area contributed by atoms with Crippen molar-refractivity contribution in [2.45, 2.75) is 63.8 Å². The summed E-state index contributed by atoms with van der Waals surface area (Å²) in [6, 6.07) is -0.247. The molecule has 1 unspecified atom stereocenters. The Bertz CT molecular complexity index is 490. The maximum Gasteiger partial charge on any atom is 0.242 e. The third-order valence-corrected chi connectivity index (χ3v) is 6.99. The van der Waals surface area contributed by atoms with Crippen molar-refractivity contribution in [2.75, 3.05) is 19.6 Å². The number of carbonyl (C=O) groups excluding carboxylic acids is 2. The second-order valence-corrected chi connectivity index (χ2v) is 8.79. The molecule has 0 aromatic carbocycles. The van der Waals surface area contributed by atoms with Crippen LogP contribution in [0.15, 0.2) is 0 Å². The number of carbonyl (C=O) groups is 2. The van der Waals surface area contributed by atoms with E-state index in [1.54, 1.807) is 0 Å². The lowest BCUT2D eigenvalue weighted by molar-refractivity contribution is -0.160. The molecule has 0 aromatic rings. The Kier molecular flexibility index (Phi) is 5.64. The molecule has 1 saturated heterocycles. The van der Waals surface area contributed by atoms with Gasteiger partial charge < -0.3 is 16.0 Å². The van der Waals surface area contributed by atoms with Crippen LogP contribution in [0.4, 0.5) is 0 Å². The average molecular weight is 370 g/mol.